The summed E-state index contributed by atoms with van der Waals surface area (Å²) in [4.78, 5) is 29.0. The number of alkyl halides is 2. The highest BCUT2D eigenvalue weighted by Gasteiger charge is 2.37. The second-order valence-electron chi connectivity index (χ2n) is 8.44. The molecule has 0 spiro atoms. The van der Waals surface area contributed by atoms with E-state index in [0.717, 1.165) is 5.56 Å². The van der Waals surface area contributed by atoms with Crippen molar-refractivity contribution < 1.29 is 23.1 Å². The molecule has 2 N–H and O–H groups in total. The Bertz CT molecular complexity index is 677. The summed E-state index contributed by atoms with van der Waals surface area (Å²) in [5.74, 6) is -2.80. The molecule has 8 heteroatoms. The molecule has 1 aliphatic carbocycles. The lowest BCUT2D eigenvalue weighted by molar-refractivity contribution is -0.119. The van der Waals surface area contributed by atoms with Gasteiger partial charge in [-0.05, 0) is 64.5 Å². The molecule has 1 aliphatic rings. The number of aryl methyl sites for hydroxylation is 1. The van der Waals surface area contributed by atoms with E-state index in [1.165, 1.54) is 0 Å². The summed E-state index contributed by atoms with van der Waals surface area (Å²) in [6.07, 6.45) is 1.41. The fourth-order valence-electron chi connectivity index (χ4n) is 3.11. The van der Waals surface area contributed by atoms with Gasteiger partial charge in [-0.1, -0.05) is 6.07 Å². The first-order valence-corrected chi connectivity index (χ1v) is 9.54. The van der Waals surface area contributed by atoms with Crippen LogP contribution in [0.25, 0.3) is 0 Å². The molecule has 28 heavy (non-hydrogen) atoms. The van der Waals surface area contributed by atoms with Gasteiger partial charge in [-0.3, -0.25) is 4.79 Å². The van der Waals surface area contributed by atoms with E-state index >= 15 is 0 Å². The number of anilines is 1. The Balaban J connectivity index is 2.05. The summed E-state index contributed by atoms with van der Waals surface area (Å²) in [5, 5.41) is 5.26. The highest BCUT2D eigenvalue weighted by molar-refractivity contribution is 5.95. The van der Waals surface area contributed by atoms with Crippen molar-refractivity contribution in [2.75, 3.05) is 5.32 Å². The lowest BCUT2D eigenvalue weighted by atomic mass is 9.83. The molecule has 1 aromatic rings. The molecule has 156 valence electrons. The van der Waals surface area contributed by atoms with E-state index in [-0.39, 0.29) is 25.2 Å². The van der Waals surface area contributed by atoms with Gasteiger partial charge < -0.3 is 15.4 Å². The standard InChI is InChI=1S/C20H29F2N3O3/c1-13-5-6-16(23-12-13)25-17(26)15(24-18(27)28-19(2,3)4)11-14-7-9-20(21,22)10-8-14/h5-6,12,14-15H,7-11H2,1-4H3,(H,24,27)(H,23,25,26). The van der Waals surface area contributed by atoms with Gasteiger partial charge in [0, 0.05) is 19.0 Å². The molecule has 1 saturated carbocycles. The molecule has 0 radical (unpaired) electrons. The van der Waals surface area contributed by atoms with Crippen molar-refractivity contribution >= 4 is 17.8 Å². The summed E-state index contributed by atoms with van der Waals surface area (Å²) in [6.45, 7) is 7.05. The van der Waals surface area contributed by atoms with Crippen LogP contribution in [0.2, 0.25) is 0 Å². The predicted octanol–water partition coefficient (Wildman–Crippen LogP) is 4.44. The number of nitrogens with zero attached hydrogens (tertiary/aromatic N) is 1. The maximum absolute atomic E-state index is 13.4. The number of hydrogen-bond acceptors (Lipinski definition) is 4. The van der Waals surface area contributed by atoms with Crippen molar-refractivity contribution in [2.24, 2.45) is 5.92 Å². The van der Waals surface area contributed by atoms with Crippen molar-refractivity contribution in [1.82, 2.24) is 10.3 Å². The molecule has 1 fully saturated rings. The van der Waals surface area contributed by atoms with Crippen LogP contribution in [0.5, 0.6) is 0 Å². The van der Waals surface area contributed by atoms with Crippen LogP contribution in [0.3, 0.4) is 0 Å². The van der Waals surface area contributed by atoms with E-state index < -0.39 is 29.6 Å². The molecule has 2 rings (SSSR count). The summed E-state index contributed by atoms with van der Waals surface area (Å²) in [6, 6.07) is 2.58. The Hall–Kier alpha value is -2.25. The number of alkyl carbamates (subject to hydrolysis) is 1. The monoisotopic (exact) mass is 397 g/mol. The fourth-order valence-corrected chi connectivity index (χ4v) is 3.11. The van der Waals surface area contributed by atoms with Gasteiger partial charge in [0.15, 0.2) is 0 Å². The van der Waals surface area contributed by atoms with Gasteiger partial charge in [0.1, 0.15) is 17.5 Å². The van der Waals surface area contributed by atoms with Crippen molar-refractivity contribution in [3.63, 3.8) is 0 Å². The Labute approximate surface area is 164 Å². The molecule has 1 heterocycles. The third-order valence-electron chi connectivity index (χ3n) is 4.58. The van der Waals surface area contributed by atoms with Crippen molar-refractivity contribution in [2.45, 2.75) is 77.4 Å². The highest BCUT2D eigenvalue weighted by atomic mass is 19.3. The normalized spacial score (nSPS) is 18.2. The topological polar surface area (TPSA) is 80.3 Å². The van der Waals surface area contributed by atoms with E-state index in [1.54, 1.807) is 33.0 Å². The summed E-state index contributed by atoms with van der Waals surface area (Å²) in [5.41, 5.74) is 0.237. The number of carbonyl (C=O) groups excluding carboxylic acids is 2. The Morgan fingerprint density at radius 2 is 1.93 bits per heavy atom. The molecular weight excluding hydrogens is 368 g/mol. The number of rotatable bonds is 5. The van der Waals surface area contributed by atoms with E-state index in [1.807, 2.05) is 13.0 Å². The number of amides is 2. The zero-order valence-corrected chi connectivity index (χ0v) is 16.9. The molecule has 0 saturated heterocycles. The van der Waals surface area contributed by atoms with E-state index in [2.05, 4.69) is 15.6 Å². The summed E-state index contributed by atoms with van der Waals surface area (Å²) < 4.78 is 32.1. The zero-order chi connectivity index (χ0) is 20.9. The molecule has 1 unspecified atom stereocenters. The number of halogens is 2. The van der Waals surface area contributed by atoms with Crippen LogP contribution in [0.1, 0.15) is 58.4 Å². The molecule has 0 aromatic carbocycles. The summed E-state index contributed by atoms with van der Waals surface area (Å²) >= 11 is 0. The molecule has 1 atom stereocenters. The van der Waals surface area contributed by atoms with Gasteiger partial charge in [0.2, 0.25) is 11.8 Å². The van der Waals surface area contributed by atoms with E-state index in [4.69, 9.17) is 4.74 Å². The molecule has 2 amide bonds. The van der Waals surface area contributed by atoms with Crippen LogP contribution in [0.15, 0.2) is 18.3 Å². The summed E-state index contributed by atoms with van der Waals surface area (Å²) in [7, 11) is 0. The lowest BCUT2D eigenvalue weighted by Crippen LogP contribution is -2.47. The van der Waals surface area contributed by atoms with Crippen molar-refractivity contribution in [3.8, 4) is 0 Å². The SMILES string of the molecule is Cc1ccc(NC(=O)C(CC2CCC(F)(F)CC2)NC(=O)OC(C)(C)C)nc1. The maximum Gasteiger partial charge on any atom is 0.408 e. The van der Waals surface area contributed by atoms with Crippen LogP contribution >= 0.6 is 0 Å². The Kier molecular flexibility index (Phi) is 6.96. The van der Waals surface area contributed by atoms with Gasteiger partial charge in [-0.25, -0.2) is 18.6 Å². The van der Waals surface area contributed by atoms with Crippen LogP contribution in [0.4, 0.5) is 19.4 Å². The predicted molar refractivity (Wildman–Crippen MR) is 102 cm³/mol. The van der Waals surface area contributed by atoms with Crippen LogP contribution in [0, 0.1) is 12.8 Å². The van der Waals surface area contributed by atoms with Gasteiger partial charge >= 0.3 is 6.09 Å². The quantitative estimate of drug-likeness (QED) is 0.770. The van der Waals surface area contributed by atoms with Crippen LogP contribution in [-0.4, -0.2) is 34.5 Å². The first-order valence-electron chi connectivity index (χ1n) is 9.54. The van der Waals surface area contributed by atoms with E-state index in [0.29, 0.717) is 18.7 Å². The van der Waals surface area contributed by atoms with Gasteiger partial charge in [0.25, 0.3) is 0 Å². The third-order valence-corrected chi connectivity index (χ3v) is 4.58. The second kappa shape index (κ2) is 8.84. The van der Waals surface area contributed by atoms with Gasteiger partial charge in [-0.15, -0.1) is 0 Å². The minimum Gasteiger partial charge on any atom is -0.444 e. The van der Waals surface area contributed by atoms with Crippen molar-refractivity contribution in [1.29, 1.82) is 0 Å². The Morgan fingerprint density at radius 3 is 2.46 bits per heavy atom. The zero-order valence-electron chi connectivity index (χ0n) is 16.9. The molecule has 6 nitrogen and oxygen atoms in total. The van der Waals surface area contributed by atoms with E-state index in [9.17, 15) is 18.4 Å². The maximum atomic E-state index is 13.4. The van der Waals surface area contributed by atoms with Gasteiger partial charge in [-0.2, -0.15) is 0 Å². The number of nitrogens with one attached hydrogen (secondary N) is 2. The average molecular weight is 397 g/mol. The van der Waals surface area contributed by atoms with Gasteiger partial charge in [0.05, 0.1) is 0 Å². The molecule has 0 bridgehead atoms. The first kappa shape index (κ1) is 22.0. The minimum absolute atomic E-state index is 0.0729. The number of hydrogen-bond donors (Lipinski definition) is 2. The minimum atomic E-state index is -2.64. The van der Waals surface area contributed by atoms with Crippen molar-refractivity contribution in [3.05, 3.63) is 23.9 Å². The largest absolute Gasteiger partial charge is 0.444 e. The number of aromatic nitrogens is 1. The van der Waals surface area contributed by atoms with Crippen LogP contribution < -0.4 is 10.6 Å². The third kappa shape index (κ3) is 7.40. The smallest absolute Gasteiger partial charge is 0.408 e. The van der Waals surface area contributed by atoms with Crippen LogP contribution in [-0.2, 0) is 9.53 Å². The number of ether oxygens (including phenoxy) is 1. The molecule has 0 aliphatic heterocycles. The number of pyridine rings is 1. The Morgan fingerprint density at radius 1 is 1.29 bits per heavy atom. The lowest BCUT2D eigenvalue weighted by Gasteiger charge is -2.31. The fraction of sp³-hybridized carbons (Fsp3) is 0.650. The molecular formula is C20H29F2N3O3. The first-order chi connectivity index (χ1) is 12.9. The molecule has 1 aromatic heterocycles. The average Bonchev–Trinajstić information content (AvgIpc) is 2.56. The second-order valence-corrected chi connectivity index (χ2v) is 8.44. The highest BCUT2D eigenvalue weighted by Crippen LogP contribution is 2.37. The number of carbonyl (C=O) groups is 2.